The Bertz CT molecular complexity index is 992. The number of anilines is 3. The standard InChI is InChI=1S/C21H19FN4OS/c22-16-5-3-4-14(12-16)13-24-21(28)25-17-10-8-15(9-11-17)20(27)26-19-7-2-1-6-18(19)23/h1-12H,13,23H2,(H,26,27)(H2,24,25,28). The van der Waals surface area contributed by atoms with Crippen molar-refractivity contribution in [3.8, 4) is 0 Å². The van der Waals surface area contributed by atoms with Gasteiger partial charge in [-0.15, -0.1) is 0 Å². The van der Waals surface area contributed by atoms with Crippen LogP contribution in [-0.2, 0) is 6.54 Å². The van der Waals surface area contributed by atoms with Crippen LogP contribution in [0.1, 0.15) is 15.9 Å². The molecule has 0 aliphatic carbocycles. The van der Waals surface area contributed by atoms with E-state index in [2.05, 4.69) is 16.0 Å². The molecule has 0 aliphatic rings. The first-order valence-electron chi connectivity index (χ1n) is 8.56. The number of hydrogen-bond donors (Lipinski definition) is 4. The molecule has 0 bridgehead atoms. The first kappa shape index (κ1) is 19.3. The summed E-state index contributed by atoms with van der Waals surface area (Å²) in [6.45, 7) is 0.405. The van der Waals surface area contributed by atoms with E-state index in [0.717, 1.165) is 11.3 Å². The molecule has 0 saturated carbocycles. The number of carbonyl (C=O) groups is 1. The molecule has 5 nitrogen and oxygen atoms in total. The second-order valence-electron chi connectivity index (χ2n) is 6.06. The number of benzene rings is 3. The van der Waals surface area contributed by atoms with E-state index in [1.807, 2.05) is 6.07 Å². The second-order valence-corrected chi connectivity index (χ2v) is 6.46. The van der Waals surface area contributed by atoms with Gasteiger partial charge in [0.15, 0.2) is 5.11 Å². The van der Waals surface area contributed by atoms with Crippen molar-refractivity contribution in [3.05, 3.63) is 89.7 Å². The number of nitrogen functional groups attached to an aromatic ring is 1. The van der Waals surface area contributed by atoms with Gasteiger partial charge < -0.3 is 21.7 Å². The van der Waals surface area contributed by atoms with E-state index in [-0.39, 0.29) is 11.7 Å². The summed E-state index contributed by atoms with van der Waals surface area (Å²) in [6, 6.07) is 20.2. The number of amides is 1. The van der Waals surface area contributed by atoms with Crippen molar-refractivity contribution in [1.82, 2.24) is 5.32 Å². The predicted octanol–water partition coefficient (Wildman–Crippen LogP) is 4.15. The maximum absolute atomic E-state index is 13.2. The molecular formula is C21H19FN4OS. The molecule has 0 spiro atoms. The minimum atomic E-state index is -0.288. The van der Waals surface area contributed by atoms with Crippen molar-refractivity contribution in [2.75, 3.05) is 16.4 Å². The lowest BCUT2D eigenvalue weighted by Gasteiger charge is -2.12. The van der Waals surface area contributed by atoms with Crippen LogP contribution in [0, 0.1) is 5.82 Å². The zero-order valence-electron chi connectivity index (χ0n) is 14.9. The van der Waals surface area contributed by atoms with Crippen LogP contribution in [0.15, 0.2) is 72.8 Å². The van der Waals surface area contributed by atoms with Gasteiger partial charge in [-0.1, -0.05) is 24.3 Å². The molecule has 3 aromatic carbocycles. The number of carbonyl (C=O) groups excluding carboxylic acids is 1. The Kier molecular flexibility index (Phi) is 6.18. The summed E-state index contributed by atoms with van der Waals surface area (Å²) in [5, 5.41) is 9.22. The smallest absolute Gasteiger partial charge is 0.255 e. The largest absolute Gasteiger partial charge is 0.397 e. The van der Waals surface area contributed by atoms with Crippen molar-refractivity contribution < 1.29 is 9.18 Å². The Hall–Kier alpha value is -3.45. The fourth-order valence-electron chi connectivity index (χ4n) is 2.51. The summed E-state index contributed by atoms with van der Waals surface area (Å²) in [4.78, 5) is 12.3. The Balaban J connectivity index is 1.54. The molecule has 0 aliphatic heterocycles. The van der Waals surface area contributed by atoms with Crippen molar-refractivity contribution >= 4 is 40.3 Å². The molecule has 0 radical (unpaired) electrons. The summed E-state index contributed by atoms with van der Waals surface area (Å²) in [5.41, 5.74) is 8.92. The minimum Gasteiger partial charge on any atom is -0.397 e. The van der Waals surface area contributed by atoms with Crippen LogP contribution in [0.4, 0.5) is 21.5 Å². The number of halogens is 1. The highest BCUT2D eigenvalue weighted by molar-refractivity contribution is 7.80. The van der Waals surface area contributed by atoms with Gasteiger partial charge in [-0.25, -0.2) is 4.39 Å². The van der Waals surface area contributed by atoms with Crippen molar-refractivity contribution in [3.63, 3.8) is 0 Å². The lowest BCUT2D eigenvalue weighted by atomic mass is 10.2. The van der Waals surface area contributed by atoms with E-state index in [0.29, 0.717) is 28.6 Å². The van der Waals surface area contributed by atoms with E-state index >= 15 is 0 Å². The van der Waals surface area contributed by atoms with Gasteiger partial charge in [0.2, 0.25) is 0 Å². The van der Waals surface area contributed by atoms with Crippen LogP contribution < -0.4 is 21.7 Å². The molecule has 3 aromatic rings. The predicted molar refractivity (Wildman–Crippen MR) is 115 cm³/mol. The van der Waals surface area contributed by atoms with Gasteiger partial charge in [-0.05, 0) is 66.3 Å². The molecule has 0 unspecified atom stereocenters. The highest BCUT2D eigenvalue weighted by Gasteiger charge is 2.08. The normalized spacial score (nSPS) is 10.2. The number of hydrogen-bond acceptors (Lipinski definition) is 3. The minimum absolute atomic E-state index is 0.253. The lowest BCUT2D eigenvalue weighted by Crippen LogP contribution is -2.27. The molecule has 28 heavy (non-hydrogen) atoms. The number of nitrogens with one attached hydrogen (secondary N) is 3. The molecule has 0 heterocycles. The maximum atomic E-state index is 13.2. The van der Waals surface area contributed by atoms with Crippen LogP contribution in [-0.4, -0.2) is 11.0 Å². The Morgan fingerprint density at radius 2 is 1.71 bits per heavy atom. The molecule has 0 saturated heterocycles. The number of para-hydroxylation sites is 2. The average Bonchev–Trinajstić information content (AvgIpc) is 2.69. The third kappa shape index (κ3) is 5.28. The molecule has 1 amide bonds. The summed E-state index contributed by atoms with van der Waals surface area (Å²) < 4.78 is 13.2. The molecule has 3 rings (SSSR count). The molecule has 0 atom stereocenters. The van der Waals surface area contributed by atoms with Gasteiger partial charge in [-0.3, -0.25) is 4.79 Å². The summed E-state index contributed by atoms with van der Waals surface area (Å²) in [5.74, 6) is -0.541. The lowest BCUT2D eigenvalue weighted by molar-refractivity contribution is 0.102. The average molecular weight is 394 g/mol. The third-order valence-corrected chi connectivity index (χ3v) is 4.20. The van der Waals surface area contributed by atoms with E-state index in [1.54, 1.807) is 54.6 Å². The monoisotopic (exact) mass is 394 g/mol. The van der Waals surface area contributed by atoms with E-state index in [9.17, 15) is 9.18 Å². The van der Waals surface area contributed by atoms with Crippen molar-refractivity contribution in [1.29, 1.82) is 0 Å². The quantitative estimate of drug-likeness (QED) is 0.386. The number of thiocarbonyl (C=S) groups is 1. The highest BCUT2D eigenvalue weighted by atomic mass is 32.1. The first-order valence-corrected chi connectivity index (χ1v) is 8.97. The fourth-order valence-corrected chi connectivity index (χ4v) is 2.70. The van der Waals surface area contributed by atoms with Crippen LogP contribution in [0.25, 0.3) is 0 Å². The molecule has 142 valence electrons. The van der Waals surface area contributed by atoms with Crippen LogP contribution in [0.3, 0.4) is 0 Å². The molecule has 7 heteroatoms. The molecule has 0 fully saturated rings. The Morgan fingerprint density at radius 3 is 2.43 bits per heavy atom. The van der Waals surface area contributed by atoms with E-state index in [4.69, 9.17) is 18.0 Å². The van der Waals surface area contributed by atoms with Gasteiger partial charge >= 0.3 is 0 Å². The Morgan fingerprint density at radius 1 is 0.964 bits per heavy atom. The number of rotatable bonds is 5. The summed E-state index contributed by atoms with van der Waals surface area (Å²) in [7, 11) is 0. The van der Waals surface area contributed by atoms with Gasteiger partial charge in [0, 0.05) is 17.8 Å². The zero-order valence-corrected chi connectivity index (χ0v) is 15.7. The summed E-state index contributed by atoms with van der Waals surface area (Å²) >= 11 is 5.24. The van der Waals surface area contributed by atoms with Crippen molar-refractivity contribution in [2.24, 2.45) is 0 Å². The van der Waals surface area contributed by atoms with Crippen LogP contribution in [0.2, 0.25) is 0 Å². The zero-order chi connectivity index (χ0) is 19.9. The van der Waals surface area contributed by atoms with Crippen molar-refractivity contribution in [2.45, 2.75) is 6.54 Å². The first-order chi connectivity index (χ1) is 13.5. The van der Waals surface area contributed by atoms with Crippen LogP contribution >= 0.6 is 12.2 Å². The topological polar surface area (TPSA) is 79.2 Å². The third-order valence-electron chi connectivity index (χ3n) is 3.96. The maximum Gasteiger partial charge on any atom is 0.255 e. The molecule has 5 N–H and O–H groups in total. The SMILES string of the molecule is Nc1ccccc1NC(=O)c1ccc(NC(=S)NCc2cccc(F)c2)cc1. The van der Waals surface area contributed by atoms with Gasteiger partial charge in [0.1, 0.15) is 5.82 Å². The van der Waals surface area contributed by atoms with E-state index in [1.165, 1.54) is 12.1 Å². The van der Waals surface area contributed by atoms with Gasteiger partial charge in [-0.2, -0.15) is 0 Å². The second kappa shape index (κ2) is 8.96. The highest BCUT2D eigenvalue weighted by Crippen LogP contribution is 2.18. The summed E-state index contributed by atoms with van der Waals surface area (Å²) in [6.07, 6.45) is 0. The molecular weight excluding hydrogens is 375 g/mol. The van der Waals surface area contributed by atoms with Gasteiger partial charge in [0.05, 0.1) is 11.4 Å². The Labute approximate surface area is 167 Å². The van der Waals surface area contributed by atoms with E-state index < -0.39 is 0 Å². The molecule has 0 aromatic heterocycles. The number of nitrogens with two attached hydrogens (primary N) is 1. The van der Waals surface area contributed by atoms with Gasteiger partial charge in [0.25, 0.3) is 5.91 Å². The fraction of sp³-hybridized carbons (Fsp3) is 0.0476. The van der Waals surface area contributed by atoms with Crippen LogP contribution in [0.5, 0.6) is 0 Å².